The van der Waals surface area contributed by atoms with E-state index >= 15 is 4.79 Å². The molecule has 3 aliphatic heterocycles. The van der Waals surface area contributed by atoms with Gasteiger partial charge in [-0.2, -0.15) is 0 Å². The van der Waals surface area contributed by atoms with Crippen LogP contribution in [-0.4, -0.2) is 111 Å². The number of carbonyl (C=O) groups excluding carboxylic acids is 3. The minimum absolute atomic E-state index is 0.0337. The van der Waals surface area contributed by atoms with E-state index in [0.29, 0.717) is 64.9 Å². The third kappa shape index (κ3) is 12.4. The quantitative estimate of drug-likeness (QED) is 0.0457. The number of esters is 2. The number of nitrogens with one attached hydrogen (secondary N) is 2. The molecular weight excluding hydrogens is 1000 g/mol. The number of phenols is 1. The van der Waals surface area contributed by atoms with Gasteiger partial charge in [-0.3, -0.25) is 9.59 Å². The van der Waals surface area contributed by atoms with Gasteiger partial charge in [0.2, 0.25) is 0 Å². The van der Waals surface area contributed by atoms with Crippen molar-refractivity contribution in [2.24, 2.45) is 23.7 Å². The molecule has 79 heavy (non-hydrogen) atoms. The zero-order chi connectivity index (χ0) is 55.6. The fraction of sp³-hybridized carbons (Fsp3) is 0.615. The molecule has 7 aliphatic rings. The number of phenolic OH excluding ortho intramolecular Hbond substituents is 1. The van der Waals surface area contributed by atoms with Crippen LogP contribution in [0.3, 0.4) is 0 Å². The van der Waals surface area contributed by atoms with Crippen molar-refractivity contribution in [2.75, 3.05) is 32.1 Å². The van der Waals surface area contributed by atoms with Crippen LogP contribution in [0, 0.1) is 35.5 Å². The van der Waals surface area contributed by atoms with Gasteiger partial charge in [-0.1, -0.05) is 94.0 Å². The molecular formula is C65H84N2O12. The Hall–Kier alpha value is -5.11. The summed E-state index contributed by atoms with van der Waals surface area (Å²) >= 11 is 0. The van der Waals surface area contributed by atoms with Crippen LogP contribution >= 0.6 is 0 Å². The van der Waals surface area contributed by atoms with Gasteiger partial charge < -0.3 is 55.5 Å². The molecule has 4 fully saturated rings. The van der Waals surface area contributed by atoms with Crippen LogP contribution in [0.4, 0.5) is 5.69 Å². The molecule has 0 amide bonds. The van der Waals surface area contributed by atoms with Gasteiger partial charge in [-0.15, -0.1) is 0 Å². The maximum Gasteiger partial charge on any atom is 0.334 e. The molecule has 0 saturated heterocycles. The highest BCUT2D eigenvalue weighted by molar-refractivity contribution is 5.89. The zero-order valence-corrected chi connectivity index (χ0v) is 46.5. The van der Waals surface area contributed by atoms with E-state index in [4.69, 9.17) is 14.2 Å². The number of fused-ring (bicyclic) bond motifs is 7. The number of ketones is 1. The lowest BCUT2D eigenvalue weighted by molar-refractivity contribution is -0.212. The highest BCUT2D eigenvalue weighted by Crippen LogP contribution is 2.56. The van der Waals surface area contributed by atoms with E-state index in [1.807, 2.05) is 49.4 Å². The second kappa shape index (κ2) is 24.5. The molecule has 0 spiro atoms. The van der Waals surface area contributed by atoms with E-state index < -0.39 is 65.3 Å². The highest BCUT2D eigenvalue weighted by Gasteiger charge is 2.59. The largest absolute Gasteiger partial charge is 0.507 e. The Morgan fingerprint density at radius 3 is 2.34 bits per heavy atom. The van der Waals surface area contributed by atoms with E-state index in [9.17, 15) is 40.2 Å². The number of aliphatic hydroxyl groups excluding tert-OH is 3. The Morgan fingerprint density at radius 1 is 0.861 bits per heavy atom. The predicted molar refractivity (Wildman–Crippen MR) is 300 cm³/mol. The number of carbonyl (C=O) groups is 3. The molecule has 8 N–H and O–H groups in total. The Bertz CT molecular complexity index is 2800. The van der Waals surface area contributed by atoms with Gasteiger partial charge >= 0.3 is 11.9 Å². The topological polar surface area (TPSA) is 224 Å². The molecule has 426 valence electrons. The van der Waals surface area contributed by atoms with Crippen molar-refractivity contribution in [3.05, 3.63) is 99.1 Å². The lowest BCUT2D eigenvalue weighted by Crippen LogP contribution is -2.63. The molecule has 3 aromatic rings. The number of likely N-dealkylation sites (N-methyl/N-ethyl adjacent to an activating group) is 1. The Kier molecular flexibility index (Phi) is 17.8. The monoisotopic (exact) mass is 1080 g/mol. The standard InChI is InChI=1S/C65H84N2O12/c1-4-47-20-21-51-53-26-39-13-11-12-38(24-39)25-49(68)31-46-27-41(43-28-44(56(70)35-66-3)30-48(29-43)67-37-64(2,75)57(71)36-77-50-16-9-6-10-17-50)18-19-42-34-59(72)79-62-52(42)32-45(61(73)60(62)40-14-7-5-8-15-40)33-58(78-63(46)74)65(47,76)54(51)22-23-55(53)69/h11-13,24,28-32,40-42,47,49-51,53-54,56-58,66-68,70-71,73,75-76H,4-10,14-17,20-23,25-27,33-37H2,1-3H3/b46-31-/t41-,42+,47-,49+,51+,53+,54-,56+,57-,58-,64-,65+/m1/s1. The lowest BCUT2D eigenvalue weighted by Gasteiger charge is -2.56. The second-order valence-electron chi connectivity index (χ2n) is 24.6. The van der Waals surface area contributed by atoms with E-state index in [0.717, 1.165) is 81.8 Å². The van der Waals surface area contributed by atoms with Crippen LogP contribution in [-0.2, 0) is 43.1 Å². The Labute approximate surface area is 466 Å². The van der Waals surface area contributed by atoms with Gasteiger partial charge in [-0.05, 0) is 148 Å². The first-order valence-electron chi connectivity index (χ1n) is 29.8. The molecule has 12 atom stereocenters. The minimum atomic E-state index is -1.65. The summed E-state index contributed by atoms with van der Waals surface area (Å²) in [7, 11) is 1.74. The number of aromatic hydroxyl groups is 1. The van der Waals surface area contributed by atoms with Crippen LogP contribution in [0.1, 0.15) is 186 Å². The first-order valence-corrected chi connectivity index (χ1v) is 29.8. The van der Waals surface area contributed by atoms with Gasteiger partial charge in [0.25, 0.3) is 0 Å². The molecule has 10 bridgehead atoms. The van der Waals surface area contributed by atoms with Crippen LogP contribution in [0.15, 0.2) is 60.2 Å². The van der Waals surface area contributed by atoms with Crippen LogP contribution in [0.5, 0.6) is 11.5 Å². The SMILES string of the molecule is CC[C@@H]1CC[C@H]2[C@@H]3Cc4cccc(c4)C[C@H](O)/C=C4/C[C@H](c5cc(NC[C@@](C)(O)[C@H](O)COC6CCCCC6)cc([C@@H](O)CNC)c5)C#C[C@H]5CC(=O)Oc6c5cc(c(O)c6C5CCCCC5)C[C@@H](OC4=O)[C@@]1(O)[C@@H]2CCC3=O. The van der Waals surface area contributed by atoms with Gasteiger partial charge in [-0.25, -0.2) is 4.79 Å². The fourth-order valence-electron chi connectivity index (χ4n) is 14.8. The number of Topliss-reactive ketones (excluding diaryl/α,β-unsaturated/α-hetero) is 1. The van der Waals surface area contributed by atoms with Crippen molar-refractivity contribution >= 4 is 23.4 Å². The van der Waals surface area contributed by atoms with Crippen LogP contribution in [0.25, 0.3) is 0 Å². The molecule has 4 saturated carbocycles. The summed E-state index contributed by atoms with van der Waals surface area (Å²) in [4.78, 5) is 43.8. The third-order valence-electron chi connectivity index (χ3n) is 19.3. The molecule has 0 unspecified atom stereocenters. The molecule has 0 aromatic heterocycles. The molecule has 3 aromatic carbocycles. The first-order chi connectivity index (χ1) is 38.0. The predicted octanol–water partition coefficient (Wildman–Crippen LogP) is 8.45. The number of rotatable bonds is 13. The first kappa shape index (κ1) is 57.1. The average Bonchev–Trinajstić information content (AvgIpc) is 3.54. The summed E-state index contributed by atoms with van der Waals surface area (Å²) in [5, 5.41) is 80.0. The van der Waals surface area contributed by atoms with Crippen molar-refractivity contribution in [3.63, 3.8) is 0 Å². The number of hydrogen-bond donors (Lipinski definition) is 8. The van der Waals surface area contributed by atoms with Crippen molar-refractivity contribution in [1.29, 1.82) is 0 Å². The number of anilines is 1. The van der Waals surface area contributed by atoms with E-state index in [2.05, 4.69) is 22.5 Å². The van der Waals surface area contributed by atoms with Crippen LogP contribution < -0.4 is 15.4 Å². The van der Waals surface area contributed by atoms with Crippen molar-refractivity contribution < 1.29 is 59.2 Å². The van der Waals surface area contributed by atoms with E-state index in [1.165, 1.54) is 6.08 Å². The Balaban J connectivity index is 1.13. The highest BCUT2D eigenvalue weighted by atomic mass is 16.6. The summed E-state index contributed by atoms with van der Waals surface area (Å²) < 4.78 is 19.2. The zero-order valence-electron chi connectivity index (χ0n) is 46.5. The summed E-state index contributed by atoms with van der Waals surface area (Å²) in [6.07, 6.45) is 9.42. The molecule has 10 rings (SSSR count). The average molecular weight is 1090 g/mol. The number of hydrogen-bond acceptors (Lipinski definition) is 14. The van der Waals surface area contributed by atoms with E-state index in [-0.39, 0.29) is 98.7 Å². The molecule has 14 heteroatoms. The number of ether oxygens (including phenoxy) is 3. The normalized spacial score (nSPS) is 30.9. The minimum Gasteiger partial charge on any atom is -0.507 e. The van der Waals surface area contributed by atoms with Crippen molar-refractivity contribution in [3.8, 4) is 23.3 Å². The summed E-state index contributed by atoms with van der Waals surface area (Å²) in [6.45, 7) is 3.66. The summed E-state index contributed by atoms with van der Waals surface area (Å²) in [5.41, 5.74) is 1.81. The smallest absolute Gasteiger partial charge is 0.334 e. The molecule has 4 aliphatic carbocycles. The van der Waals surface area contributed by atoms with Crippen molar-refractivity contribution in [1.82, 2.24) is 5.32 Å². The molecule has 3 heterocycles. The Morgan fingerprint density at radius 2 is 1.59 bits per heavy atom. The lowest BCUT2D eigenvalue weighted by atomic mass is 9.53. The maximum atomic E-state index is 15.7. The summed E-state index contributed by atoms with van der Waals surface area (Å²) in [5.74, 6) is 3.12. The van der Waals surface area contributed by atoms with Crippen LogP contribution in [0.2, 0.25) is 0 Å². The van der Waals surface area contributed by atoms with Gasteiger partial charge in [0.05, 0.1) is 37.3 Å². The summed E-state index contributed by atoms with van der Waals surface area (Å²) in [6, 6.07) is 15.2. The molecule has 14 nitrogen and oxygen atoms in total. The second-order valence-corrected chi connectivity index (χ2v) is 24.6. The maximum absolute atomic E-state index is 15.7. The number of aliphatic hydroxyl groups is 5. The van der Waals surface area contributed by atoms with Crippen molar-refractivity contribution in [2.45, 2.75) is 202 Å². The fourth-order valence-corrected chi connectivity index (χ4v) is 14.8. The van der Waals surface area contributed by atoms with Gasteiger partial charge in [0, 0.05) is 66.6 Å². The van der Waals surface area contributed by atoms with Gasteiger partial charge in [0.1, 0.15) is 40.7 Å². The molecule has 0 radical (unpaired) electrons. The number of benzene rings is 3. The van der Waals surface area contributed by atoms with Gasteiger partial charge in [0.15, 0.2) is 0 Å². The van der Waals surface area contributed by atoms with E-state index in [1.54, 1.807) is 20.0 Å². The third-order valence-corrected chi connectivity index (χ3v) is 19.3.